The highest BCUT2D eigenvalue weighted by molar-refractivity contribution is 6.06. The van der Waals surface area contributed by atoms with E-state index in [0.717, 1.165) is 0 Å². The highest BCUT2D eigenvalue weighted by atomic mass is 16.2. The monoisotopic (exact) mass is 274 g/mol. The van der Waals surface area contributed by atoms with Gasteiger partial charge in [0.15, 0.2) is 0 Å². The lowest BCUT2D eigenvalue weighted by molar-refractivity contribution is 0.0999. The summed E-state index contributed by atoms with van der Waals surface area (Å²) >= 11 is 0. The Morgan fingerprint density at radius 1 is 1.35 bits per heavy atom. The Bertz CT molecular complexity index is 664. The molecular weight excluding hydrogens is 260 g/mol. The van der Waals surface area contributed by atoms with Crippen molar-refractivity contribution in [2.24, 2.45) is 5.73 Å². The molecule has 0 spiro atoms. The maximum atomic E-state index is 12.2. The van der Waals surface area contributed by atoms with Gasteiger partial charge in [0, 0.05) is 17.7 Å². The summed E-state index contributed by atoms with van der Waals surface area (Å²) in [5.74, 6) is -0.716. The van der Waals surface area contributed by atoms with Crippen LogP contribution in [0.25, 0.3) is 0 Å². The second-order valence-electron chi connectivity index (χ2n) is 4.11. The summed E-state index contributed by atoms with van der Waals surface area (Å²) in [6.07, 6.45) is 0. The van der Waals surface area contributed by atoms with E-state index in [9.17, 15) is 9.59 Å². The number of nitrogens with zero attached hydrogens (tertiary/aromatic N) is 4. The topological polar surface area (TPSA) is 116 Å². The van der Waals surface area contributed by atoms with Crippen LogP contribution in [-0.2, 0) is 6.54 Å². The van der Waals surface area contributed by atoms with Gasteiger partial charge in [-0.05, 0) is 42.0 Å². The number of hydrogen-bond acceptors (Lipinski definition) is 5. The van der Waals surface area contributed by atoms with Gasteiger partial charge >= 0.3 is 0 Å². The van der Waals surface area contributed by atoms with Crippen molar-refractivity contribution in [2.75, 3.05) is 5.32 Å². The molecule has 0 unspecified atom stereocenters. The molecule has 104 valence electrons. The normalized spacial score (nSPS) is 10.3. The third kappa shape index (κ3) is 2.48. The minimum Gasteiger partial charge on any atom is -0.366 e. The Hall–Kier alpha value is -2.77. The van der Waals surface area contributed by atoms with Crippen LogP contribution in [-0.4, -0.2) is 32.0 Å². The average molecular weight is 274 g/mol. The van der Waals surface area contributed by atoms with E-state index in [2.05, 4.69) is 20.8 Å². The van der Waals surface area contributed by atoms with E-state index in [1.807, 2.05) is 6.92 Å². The number of nitrogens with one attached hydrogen (secondary N) is 1. The van der Waals surface area contributed by atoms with Crippen LogP contribution in [0.15, 0.2) is 18.2 Å². The number of tetrazole rings is 1. The van der Waals surface area contributed by atoms with Crippen LogP contribution in [0.5, 0.6) is 0 Å². The molecule has 1 heterocycles. The highest BCUT2D eigenvalue weighted by Crippen LogP contribution is 2.15. The van der Waals surface area contributed by atoms with Gasteiger partial charge in [-0.2, -0.15) is 0 Å². The molecule has 2 rings (SSSR count). The largest absolute Gasteiger partial charge is 0.366 e. The van der Waals surface area contributed by atoms with Crippen molar-refractivity contribution in [3.8, 4) is 0 Å². The van der Waals surface area contributed by atoms with Gasteiger partial charge in [0.2, 0.25) is 11.9 Å². The third-order valence-electron chi connectivity index (χ3n) is 2.90. The predicted molar refractivity (Wildman–Crippen MR) is 71.1 cm³/mol. The predicted octanol–water partition coefficient (Wildman–Crippen LogP) is 0.353. The standard InChI is InChI=1S/C12H14N6O2/c1-3-18-12(15-16-17-18)14-11(20)9-6-4-5-8(7(9)2)10(13)19/h4-6H,3H2,1-2H3,(H2,13,19)(H,14,15,17,20). The Morgan fingerprint density at radius 3 is 2.70 bits per heavy atom. The number of amides is 2. The Balaban J connectivity index is 2.30. The summed E-state index contributed by atoms with van der Waals surface area (Å²) in [5, 5.41) is 13.5. The molecule has 20 heavy (non-hydrogen) atoms. The molecule has 2 amide bonds. The molecule has 0 aliphatic rings. The van der Waals surface area contributed by atoms with Crippen molar-refractivity contribution in [3.05, 3.63) is 34.9 Å². The SMILES string of the molecule is CCn1nnnc1NC(=O)c1cccc(C(N)=O)c1C. The van der Waals surface area contributed by atoms with Crippen molar-refractivity contribution < 1.29 is 9.59 Å². The molecule has 8 nitrogen and oxygen atoms in total. The van der Waals surface area contributed by atoms with Gasteiger partial charge < -0.3 is 5.73 Å². The molecule has 0 radical (unpaired) electrons. The van der Waals surface area contributed by atoms with Crippen LogP contribution in [0.4, 0.5) is 5.95 Å². The molecule has 0 saturated carbocycles. The van der Waals surface area contributed by atoms with E-state index in [4.69, 9.17) is 5.73 Å². The second kappa shape index (κ2) is 5.47. The Kier molecular flexibility index (Phi) is 3.74. The first kappa shape index (κ1) is 13.7. The summed E-state index contributed by atoms with van der Waals surface area (Å²) in [6.45, 7) is 4.05. The maximum absolute atomic E-state index is 12.2. The molecule has 0 aliphatic heterocycles. The molecule has 0 aliphatic carbocycles. The molecule has 2 aromatic rings. The van der Waals surface area contributed by atoms with E-state index >= 15 is 0 Å². The Morgan fingerprint density at radius 2 is 2.05 bits per heavy atom. The maximum Gasteiger partial charge on any atom is 0.258 e. The molecule has 1 aromatic heterocycles. The third-order valence-corrected chi connectivity index (χ3v) is 2.90. The first-order chi connectivity index (χ1) is 9.54. The van der Waals surface area contributed by atoms with Crippen LogP contribution in [0.2, 0.25) is 0 Å². The Labute approximate surface area is 115 Å². The summed E-state index contributed by atoms with van der Waals surface area (Å²) < 4.78 is 1.45. The number of carbonyl (C=O) groups is 2. The number of aromatic nitrogens is 4. The van der Waals surface area contributed by atoms with Crippen molar-refractivity contribution in [1.29, 1.82) is 0 Å². The molecule has 0 fully saturated rings. The number of nitrogens with two attached hydrogens (primary N) is 1. The molecule has 0 atom stereocenters. The smallest absolute Gasteiger partial charge is 0.258 e. The number of rotatable bonds is 4. The first-order valence-electron chi connectivity index (χ1n) is 6.01. The molecular formula is C12H14N6O2. The van der Waals surface area contributed by atoms with Crippen molar-refractivity contribution >= 4 is 17.8 Å². The summed E-state index contributed by atoms with van der Waals surface area (Å²) in [7, 11) is 0. The van der Waals surface area contributed by atoms with Gasteiger partial charge in [0.1, 0.15) is 0 Å². The average Bonchev–Trinajstić information content (AvgIpc) is 2.85. The zero-order valence-corrected chi connectivity index (χ0v) is 11.1. The number of carbonyl (C=O) groups excluding carboxylic acids is 2. The number of primary amides is 1. The lowest BCUT2D eigenvalue weighted by Gasteiger charge is -2.09. The number of aryl methyl sites for hydroxylation is 1. The fourth-order valence-corrected chi connectivity index (χ4v) is 1.82. The van der Waals surface area contributed by atoms with Crippen LogP contribution in [0.1, 0.15) is 33.2 Å². The van der Waals surface area contributed by atoms with Gasteiger partial charge in [0.05, 0.1) is 0 Å². The fraction of sp³-hybridized carbons (Fsp3) is 0.250. The van der Waals surface area contributed by atoms with Crippen LogP contribution >= 0.6 is 0 Å². The molecule has 0 saturated heterocycles. The zero-order valence-electron chi connectivity index (χ0n) is 11.1. The number of anilines is 1. The van der Waals surface area contributed by atoms with E-state index < -0.39 is 11.8 Å². The van der Waals surface area contributed by atoms with Gasteiger partial charge in [-0.3, -0.25) is 14.9 Å². The van der Waals surface area contributed by atoms with Crippen LogP contribution < -0.4 is 11.1 Å². The van der Waals surface area contributed by atoms with E-state index in [0.29, 0.717) is 23.2 Å². The van der Waals surface area contributed by atoms with Crippen molar-refractivity contribution in [2.45, 2.75) is 20.4 Å². The van der Waals surface area contributed by atoms with Crippen LogP contribution in [0, 0.1) is 6.92 Å². The summed E-state index contributed by atoms with van der Waals surface area (Å²) in [4.78, 5) is 23.5. The fourth-order valence-electron chi connectivity index (χ4n) is 1.82. The van der Waals surface area contributed by atoms with E-state index in [-0.39, 0.29) is 5.95 Å². The molecule has 8 heteroatoms. The molecule has 1 aromatic carbocycles. The molecule has 0 bridgehead atoms. The molecule has 3 N–H and O–H groups in total. The quantitative estimate of drug-likeness (QED) is 0.834. The zero-order chi connectivity index (χ0) is 14.7. The minimum absolute atomic E-state index is 0.251. The van der Waals surface area contributed by atoms with Crippen molar-refractivity contribution in [3.63, 3.8) is 0 Å². The van der Waals surface area contributed by atoms with Gasteiger partial charge in [-0.15, -0.1) is 0 Å². The van der Waals surface area contributed by atoms with Gasteiger partial charge in [-0.1, -0.05) is 11.2 Å². The van der Waals surface area contributed by atoms with Gasteiger partial charge in [0.25, 0.3) is 5.91 Å². The first-order valence-corrected chi connectivity index (χ1v) is 6.01. The minimum atomic E-state index is -0.574. The van der Waals surface area contributed by atoms with Crippen molar-refractivity contribution in [1.82, 2.24) is 20.2 Å². The summed E-state index contributed by atoms with van der Waals surface area (Å²) in [6, 6.07) is 4.78. The van der Waals surface area contributed by atoms with E-state index in [1.54, 1.807) is 25.1 Å². The lowest BCUT2D eigenvalue weighted by atomic mass is 10.0. The van der Waals surface area contributed by atoms with Crippen LogP contribution in [0.3, 0.4) is 0 Å². The van der Waals surface area contributed by atoms with E-state index in [1.165, 1.54) is 4.68 Å². The summed E-state index contributed by atoms with van der Waals surface area (Å²) in [5.41, 5.74) is 6.45. The number of benzene rings is 1. The lowest BCUT2D eigenvalue weighted by Crippen LogP contribution is -2.20. The second-order valence-corrected chi connectivity index (χ2v) is 4.11. The highest BCUT2D eigenvalue weighted by Gasteiger charge is 2.16. The number of hydrogen-bond donors (Lipinski definition) is 2. The van der Waals surface area contributed by atoms with Gasteiger partial charge in [-0.25, -0.2) is 4.68 Å².